The molecule has 0 aromatic heterocycles. The van der Waals surface area contributed by atoms with Gasteiger partial charge in [0.2, 0.25) is 0 Å². The molecule has 2 aliphatic carbocycles. The third-order valence-corrected chi connectivity index (χ3v) is 15.3. The van der Waals surface area contributed by atoms with E-state index < -0.39 is 8.07 Å². The van der Waals surface area contributed by atoms with Crippen molar-refractivity contribution in [3.63, 3.8) is 0 Å². The summed E-state index contributed by atoms with van der Waals surface area (Å²) in [6, 6.07) is 43.8. The zero-order valence-electron chi connectivity index (χ0n) is 28.5. The first-order valence-corrected chi connectivity index (χ1v) is 19.4. The maximum atomic E-state index is 2.60. The molecular weight excluding hydrogens is 569 g/mol. The van der Waals surface area contributed by atoms with Crippen LogP contribution < -0.4 is 5.19 Å². The normalized spacial score (nSPS) is 14.5. The van der Waals surface area contributed by atoms with E-state index in [-0.39, 0.29) is 10.8 Å². The lowest BCUT2D eigenvalue weighted by molar-refractivity contribution is 0.590. The van der Waals surface area contributed by atoms with Gasteiger partial charge in [-0.2, -0.15) is 0 Å². The maximum absolute atomic E-state index is 2.60. The predicted octanol–water partition coefficient (Wildman–Crippen LogP) is 11.3. The Morgan fingerprint density at radius 3 is 1.26 bits per heavy atom. The van der Waals surface area contributed by atoms with Gasteiger partial charge in [0.25, 0.3) is 0 Å². The van der Waals surface area contributed by atoms with Crippen molar-refractivity contribution in [2.45, 2.75) is 71.8 Å². The summed E-state index contributed by atoms with van der Waals surface area (Å²) in [5, 5.41) is 4.73. The highest BCUT2D eigenvalue weighted by Gasteiger charge is 2.41. The van der Waals surface area contributed by atoms with Gasteiger partial charge in [-0.1, -0.05) is 191 Å². The molecule has 46 heavy (non-hydrogen) atoms. The quantitative estimate of drug-likeness (QED) is 0.173. The molecule has 0 heterocycles. The molecule has 0 aliphatic heterocycles. The highest BCUT2D eigenvalue weighted by atomic mass is 28.3. The second-order valence-electron chi connectivity index (χ2n) is 15.6. The molecule has 2 aliphatic rings. The zero-order chi connectivity index (χ0) is 32.3. The van der Waals surface area contributed by atoms with E-state index in [0.717, 1.165) is 12.8 Å². The van der Waals surface area contributed by atoms with Crippen LogP contribution in [-0.4, -0.2) is 8.07 Å². The van der Waals surface area contributed by atoms with Crippen molar-refractivity contribution >= 4 is 25.4 Å². The molecule has 0 N–H and O–H groups in total. The standard InChI is InChI=1S/C45H46Si/c1-44(2,3)35-23-19-31(20-24-35)40-17-11-13-33-27-38(29-42(33)40)46(7,37-15-9-8-10-16-37)39-28-34-14-12-18-41(43(34)30-39)32-21-25-36(26-22-32)45(4,5)6/h8-26,29-30H,27-28H2,1-7H3. The van der Waals surface area contributed by atoms with Gasteiger partial charge in [0, 0.05) is 0 Å². The Morgan fingerprint density at radius 2 is 0.870 bits per heavy atom. The predicted molar refractivity (Wildman–Crippen MR) is 202 cm³/mol. The molecule has 230 valence electrons. The Hall–Kier alpha value is -4.20. The van der Waals surface area contributed by atoms with Gasteiger partial charge in [0.05, 0.1) is 0 Å². The molecule has 0 amide bonds. The Balaban J connectivity index is 1.31. The number of hydrogen-bond acceptors (Lipinski definition) is 0. The van der Waals surface area contributed by atoms with Gasteiger partial charge in [-0.05, 0) is 79.3 Å². The number of fused-ring (bicyclic) bond motifs is 2. The largest absolute Gasteiger partial charge is 0.137 e. The second-order valence-corrected chi connectivity index (χ2v) is 19.7. The third kappa shape index (κ3) is 5.35. The van der Waals surface area contributed by atoms with Crippen molar-refractivity contribution < 1.29 is 0 Å². The summed E-state index contributed by atoms with van der Waals surface area (Å²) >= 11 is 0. The van der Waals surface area contributed by atoms with E-state index in [4.69, 9.17) is 0 Å². The van der Waals surface area contributed by atoms with Gasteiger partial charge in [-0.25, -0.2) is 0 Å². The summed E-state index contributed by atoms with van der Waals surface area (Å²) in [5.41, 5.74) is 14.1. The molecular formula is C45H46Si. The molecule has 0 unspecified atom stereocenters. The zero-order valence-corrected chi connectivity index (χ0v) is 29.5. The van der Waals surface area contributed by atoms with Crippen molar-refractivity contribution in [3.8, 4) is 22.3 Å². The minimum Gasteiger partial charge on any atom is -0.0668 e. The first kappa shape index (κ1) is 30.5. The van der Waals surface area contributed by atoms with E-state index in [0.29, 0.717) is 0 Å². The molecule has 0 spiro atoms. The van der Waals surface area contributed by atoms with E-state index in [9.17, 15) is 0 Å². The molecule has 5 aromatic carbocycles. The van der Waals surface area contributed by atoms with Crippen molar-refractivity contribution in [2.24, 2.45) is 0 Å². The Kier molecular flexibility index (Phi) is 7.44. The lowest BCUT2D eigenvalue weighted by atomic mass is 9.86. The summed E-state index contributed by atoms with van der Waals surface area (Å²) in [6.07, 6.45) is 7.21. The fraction of sp³-hybridized carbons (Fsp3) is 0.244. The summed E-state index contributed by atoms with van der Waals surface area (Å²) in [5.74, 6) is 0. The van der Waals surface area contributed by atoms with E-state index >= 15 is 0 Å². The minimum absolute atomic E-state index is 0.148. The molecule has 0 bridgehead atoms. The molecule has 5 aromatic rings. The third-order valence-electron chi connectivity index (χ3n) is 10.6. The van der Waals surface area contributed by atoms with Crippen LogP contribution in [0.25, 0.3) is 34.4 Å². The van der Waals surface area contributed by atoms with Crippen LogP contribution in [0.1, 0.15) is 74.9 Å². The van der Waals surface area contributed by atoms with Crippen LogP contribution in [0.15, 0.2) is 126 Å². The van der Waals surface area contributed by atoms with Crippen LogP contribution in [-0.2, 0) is 23.7 Å². The fourth-order valence-electron chi connectivity index (χ4n) is 7.53. The monoisotopic (exact) mass is 614 g/mol. The topological polar surface area (TPSA) is 0 Å². The van der Waals surface area contributed by atoms with Crippen LogP contribution >= 0.6 is 0 Å². The molecule has 0 radical (unpaired) electrons. The van der Waals surface area contributed by atoms with Crippen LogP contribution in [0.2, 0.25) is 6.55 Å². The van der Waals surface area contributed by atoms with Gasteiger partial charge in [-0.3, -0.25) is 0 Å². The van der Waals surface area contributed by atoms with Gasteiger partial charge in [0.1, 0.15) is 8.07 Å². The van der Waals surface area contributed by atoms with Crippen LogP contribution in [0.4, 0.5) is 0 Å². The van der Waals surface area contributed by atoms with Crippen molar-refractivity contribution in [3.05, 3.63) is 159 Å². The Labute approximate surface area is 277 Å². The SMILES string of the molecule is CC(C)(C)c1ccc(-c2cccc3c2C=C([Si](C)(C2=Cc4c(cccc4-c4ccc(C(C)(C)C)cc4)C2)c2ccccc2)C3)cc1. The second kappa shape index (κ2) is 11.2. The molecule has 0 atom stereocenters. The lowest BCUT2D eigenvalue weighted by Crippen LogP contribution is -2.49. The van der Waals surface area contributed by atoms with E-state index in [2.05, 4.69) is 176 Å². The van der Waals surface area contributed by atoms with E-state index in [1.165, 1.54) is 60.8 Å². The summed E-state index contributed by atoms with van der Waals surface area (Å²) in [7, 11) is -2.25. The lowest BCUT2D eigenvalue weighted by Gasteiger charge is -2.32. The van der Waals surface area contributed by atoms with Crippen molar-refractivity contribution in [1.29, 1.82) is 0 Å². The number of benzene rings is 5. The number of allylic oxidation sites excluding steroid dienone is 2. The highest BCUT2D eigenvalue weighted by Crippen LogP contribution is 2.44. The van der Waals surface area contributed by atoms with Crippen LogP contribution in [0, 0.1) is 0 Å². The molecule has 0 fully saturated rings. The summed E-state index contributed by atoms with van der Waals surface area (Å²) < 4.78 is 0. The van der Waals surface area contributed by atoms with E-state index in [1.54, 1.807) is 10.4 Å². The fourth-order valence-corrected chi connectivity index (χ4v) is 11.5. The molecule has 7 rings (SSSR count). The average Bonchev–Trinajstić information content (AvgIpc) is 3.70. The number of rotatable bonds is 5. The van der Waals surface area contributed by atoms with Crippen LogP contribution in [0.3, 0.4) is 0 Å². The highest BCUT2D eigenvalue weighted by molar-refractivity contribution is 7.03. The molecule has 0 saturated heterocycles. The van der Waals surface area contributed by atoms with Gasteiger partial charge in [0.15, 0.2) is 0 Å². The average molecular weight is 615 g/mol. The first-order chi connectivity index (χ1) is 21.9. The summed E-state index contributed by atoms with van der Waals surface area (Å²) in [4.78, 5) is 0. The molecule has 1 heteroatoms. The van der Waals surface area contributed by atoms with Gasteiger partial charge in [-0.15, -0.1) is 0 Å². The smallest absolute Gasteiger partial charge is 0.0668 e. The summed E-state index contributed by atoms with van der Waals surface area (Å²) in [6.45, 7) is 16.3. The Bertz CT molecular complexity index is 1850. The van der Waals surface area contributed by atoms with Crippen LogP contribution in [0.5, 0.6) is 0 Å². The van der Waals surface area contributed by atoms with Gasteiger partial charge >= 0.3 is 0 Å². The van der Waals surface area contributed by atoms with E-state index in [1.807, 2.05) is 0 Å². The molecule has 0 saturated carbocycles. The minimum atomic E-state index is -2.25. The van der Waals surface area contributed by atoms with Gasteiger partial charge < -0.3 is 0 Å². The first-order valence-electron chi connectivity index (χ1n) is 16.9. The molecule has 0 nitrogen and oxygen atoms in total. The Morgan fingerprint density at radius 1 is 0.457 bits per heavy atom. The maximum Gasteiger partial charge on any atom is 0.137 e. The van der Waals surface area contributed by atoms with Crippen molar-refractivity contribution in [1.82, 2.24) is 0 Å². The number of hydrogen-bond donors (Lipinski definition) is 0. The van der Waals surface area contributed by atoms with Crippen molar-refractivity contribution in [2.75, 3.05) is 0 Å².